The highest BCUT2D eigenvalue weighted by Crippen LogP contribution is 2.29. The molecule has 24 heavy (non-hydrogen) atoms. The fraction of sp³-hybridized carbons (Fsp3) is 0.400. The second-order valence-corrected chi connectivity index (χ2v) is 7.44. The predicted molar refractivity (Wildman–Crippen MR) is 104 cm³/mol. The van der Waals surface area contributed by atoms with Crippen LogP contribution in [0.15, 0.2) is 53.0 Å². The molecule has 0 aliphatic carbocycles. The van der Waals surface area contributed by atoms with Gasteiger partial charge < -0.3 is 9.64 Å². The molecule has 1 aliphatic heterocycles. The fourth-order valence-corrected chi connectivity index (χ4v) is 3.33. The number of nitrogens with zero attached hydrogens (tertiary/aromatic N) is 2. The van der Waals surface area contributed by atoms with Crippen LogP contribution in [0.5, 0.6) is 5.75 Å². The van der Waals surface area contributed by atoms with Crippen LogP contribution in [0, 0.1) is 0 Å². The van der Waals surface area contributed by atoms with Crippen LogP contribution < -0.4 is 9.64 Å². The molecule has 4 heteroatoms. The fourth-order valence-electron chi connectivity index (χ4n) is 3.07. The lowest BCUT2D eigenvalue weighted by Gasteiger charge is -2.37. The van der Waals surface area contributed by atoms with E-state index < -0.39 is 0 Å². The van der Waals surface area contributed by atoms with Gasteiger partial charge in [-0.25, -0.2) is 0 Å². The summed E-state index contributed by atoms with van der Waals surface area (Å²) in [6.45, 7) is 9.40. The molecule has 0 amide bonds. The average molecular weight is 389 g/mol. The Morgan fingerprint density at radius 1 is 0.958 bits per heavy atom. The van der Waals surface area contributed by atoms with Crippen molar-refractivity contribution in [2.45, 2.75) is 26.5 Å². The molecule has 0 saturated carbocycles. The standard InChI is InChI=1S/C20H25BrN2O/c1-16(2)24-20-6-4-3-5-19(20)23-13-11-22(12-14-23)15-17-7-9-18(21)10-8-17/h3-10,16H,11-15H2,1-2H3. The first-order valence-corrected chi connectivity index (χ1v) is 9.38. The Kier molecular flexibility index (Phi) is 5.80. The van der Waals surface area contributed by atoms with E-state index >= 15 is 0 Å². The highest BCUT2D eigenvalue weighted by Gasteiger charge is 2.20. The molecule has 1 heterocycles. The molecule has 2 aromatic carbocycles. The Morgan fingerprint density at radius 3 is 2.29 bits per heavy atom. The number of ether oxygens (including phenoxy) is 1. The van der Waals surface area contributed by atoms with Crippen LogP contribution in [0.3, 0.4) is 0 Å². The van der Waals surface area contributed by atoms with Crippen LogP contribution in [0.4, 0.5) is 5.69 Å². The van der Waals surface area contributed by atoms with E-state index in [9.17, 15) is 0 Å². The quantitative estimate of drug-likeness (QED) is 0.746. The van der Waals surface area contributed by atoms with Crippen molar-refractivity contribution in [3.05, 3.63) is 58.6 Å². The number of halogens is 1. The summed E-state index contributed by atoms with van der Waals surface area (Å²) >= 11 is 3.50. The van der Waals surface area contributed by atoms with Crippen molar-refractivity contribution in [3.63, 3.8) is 0 Å². The monoisotopic (exact) mass is 388 g/mol. The molecule has 0 aromatic heterocycles. The third kappa shape index (κ3) is 4.52. The molecule has 1 fully saturated rings. The Balaban J connectivity index is 1.60. The summed E-state index contributed by atoms with van der Waals surface area (Å²) in [6, 6.07) is 17.0. The normalized spacial score (nSPS) is 15.8. The lowest BCUT2D eigenvalue weighted by molar-refractivity contribution is 0.235. The molecule has 0 atom stereocenters. The lowest BCUT2D eigenvalue weighted by Crippen LogP contribution is -2.46. The maximum absolute atomic E-state index is 5.97. The topological polar surface area (TPSA) is 15.7 Å². The molecule has 128 valence electrons. The first-order valence-electron chi connectivity index (χ1n) is 8.59. The van der Waals surface area contributed by atoms with Crippen LogP contribution in [-0.2, 0) is 6.54 Å². The molecule has 1 saturated heterocycles. The van der Waals surface area contributed by atoms with Gasteiger partial charge in [0.25, 0.3) is 0 Å². The number of hydrogen-bond acceptors (Lipinski definition) is 3. The third-order valence-electron chi connectivity index (χ3n) is 4.26. The van der Waals surface area contributed by atoms with E-state index in [1.165, 1.54) is 11.3 Å². The van der Waals surface area contributed by atoms with Gasteiger partial charge in [-0.15, -0.1) is 0 Å². The van der Waals surface area contributed by atoms with E-state index in [2.05, 4.69) is 82.0 Å². The number of anilines is 1. The van der Waals surface area contributed by atoms with Crippen molar-refractivity contribution in [2.75, 3.05) is 31.1 Å². The van der Waals surface area contributed by atoms with Crippen molar-refractivity contribution in [3.8, 4) is 5.75 Å². The van der Waals surface area contributed by atoms with Gasteiger partial charge >= 0.3 is 0 Å². The van der Waals surface area contributed by atoms with E-state index in [1.807, 2.05) is 6.07 Å². The number of hydrogen-bond donors (Lipinski definition) is 0. The van der Waals surface area contributed by atoms with Crippen LogP contribution in [-0.4, -0.2) is 37.2 Å². The van der Waals surface area contributed by atoms with Gasteiger partial charge in [-0.3, -0.25) is 4.90 Å². The molecule has 0 bridgehead atoms. The van der Waals surface area contributed by atoms with Crippen LogP contribution >= 0.6 is 15.9 Å². The summed E-state index contributed by atoms with van der Waals surface area (Å²) in [7, 11) is 0. The molecule has 0 N–H and O–H groups in total. The van der Waals surface area contributed by atoms with Gasteiger partial charge in [0.05, 0.1) is 11.8 Å². The van der Waals surface area contributed by atoms with E-state index in [0.29, 0.717) is 0 Å². The van der Waals surface area contributed by atoms with Crippen molar-refractivity contribution in [2.24, 2.45) is 0 Å². The summed E-state index contributed by atoms with van der Waals surface area (Å²) < 4.78 is 7.11. The number of benzene rings is 2. The van der Waals surface area contributed by atoms with E-state index in [1.54, 1.807) is 0 Å². The Morgan fingerprint density at radius 2 is 1.62 bits per heavy atom. The zero-order chi connectivity index (χ0) is 16.9. The predicted octanol–water partition coefficient (Wildman–Crippen LogP) is 4.56. The third-order valence-corrected chi connectivity index (χ3v) is 4.79. The smallest absolute Gasteiger partial charge is 0.142 e. The molecule has 3 rings (SSSR count). The Labute approximate surface area is 153 Å². The first kappa shape index (κ1) is 17.3. The largest absolute Gasteiger partial charge is 0.489 e. The maximum Gasteiger partial charge on any atom is 0.142 e. The van der Waals surface area contributed by atoms with E-state index in [-0.39, 0.29) is 6.10 Å². The van der Waals surface area contributed by atoms with Gasteiger partial charge in [0.1, 0.15) is 5.75 Å². The number of para-hydroxylation sites is 2. The lowest BCUT2D eigenvalue weighted by atomic mass is 10.2. The summed E-state index contributed by atoms with van der Waals surface area (Å²) in [5.74, 6) is 0.994. The van der Waals surface area contributed by atoms with Crippen molar-refractivity contribution < 1.29 is 4.74 Å². The Hall–Kier alpha value is -1.52. The Bertz CT molecular complexity index is 649. The molecular formula is C20H25BrN2O. The van der Waals surface area contributed by atoms with Crippen molar-refractivity contribution in [1.82, 2.24) is 4.90 Å². The second kappa shape index (κ2) is 8.04. The highest BCUT2D eigenvalue weighted by atomic mass is 79.9. The summed E-state index contributed by atoms with van der Waals surface area (Å²) in [5, 5.41) is 0. The molecular weight excluding hydrogens is 364 g/mol. The number of piperazine rings is 1. The zero-order valence-electron chi connectivity index (χ0n) is 14.4. The van der Waals surface area contributed by atoms with Gasteiger partial charge in [0.2, 0.25) is 0 Å². The highest BCUT2D eigenvalue weighted by molar-refractivity contribution is 9.10. The summed E-state index contributed by atoms with van der Waals surface area (Å²) in [5.41, 5.74) is 2.59. The molecule has 0 spiro atoms. The first-order chi connectivity index (χ1) is 11.6. The summed E-state index contributed by atoms with van der Waals surface area (Å²) in [6.07, 6.45) is 0.199. The average Bonchev–Trinajstić information content (AvgIpc) is 2.58. The summed E-state index contributed by atoms with van der Waals surface area (Å²) in [4.78, 5) is 4.96. The van der Waals surface area contributed by atoms with E-state index in [0.717, 1.165) is 42.9 Å². The van der Waals surface area contributed by atoms with Crippen LogP contribution in [0.2, 0.25) is 0 Å². The van der Waals surface area contributed by atoms with Crippen molar-refractivity contribution >= 4 is 21.6 Å². The van der Waals surface area contributed by atoms with Crippen LogP contribution in [0.1, 0.15) is 19.4 Å². The van der Waals surface area contributed by atoms with Crippen LogP contribution in [0.25, 0.3) is 0 Å². The maximum atomic E-state index is 5.97. The van der Waals surface area contributed by atoms with Gasteiger partial charge in [0, 0.05) is 37.2 Å². The SMILES string of the molecule is CC(C)Oc1ccccc1N1CCN(Cc2ccc(Br)cc2)CC1. The minimum absolute atomic E-state index is 0.199. The van der Waals surface area contributed by atoms with Crippen molar-refractivity contribution in [1.29, 1.82) is 0 Å². The van der Waals surface area contributed by atoms with Gasteiger partial charge in [-0.05, 0) is 43.7 Å². The molecule has 0 unspecified atom stereocenters. The van der Waals surface area contributed by atoms with Gasteiger partial charge in [0.15, 0.2) is 0 Å². The van der Waals surface area contributed by atoms with Gasteiger partial charge in [-0.1, -0.05) is 40.2 Å². The molecule has 3 nitrogen and oxygen atoms in total. The van der Waals surface area contributed by atoms with Gasteiger partial charge in [-0.2, -0.15) is 0 Å². The number of rotatable bonds is 5. The second-order valence-electron chi connectivity index (χ2n) is 6.52. The molecule has 1 aliphatic rings. The zero-order valence-corrected chi connectivity index (χ0v) is 16.0. The molecule has 0 radical (unpaired) electrons. The molecule has 2 aromatic rings. The van der Waals surface area contributed by atoms with E-state index in [4.69, 9.17) is 4.74 Å². The minimum Gasteiger partial charge on any atom is -0.489 e. The minimum atomic E-state index is 0.199.